The van der Waals surface area contributed by atoms with Gasteiger partial charge in [0.1, 0.15) is 5.76 Å². The lowest BCUT2D eigenvalue weighted by atomic mass is 10.1. The Morgan fingerprint density at radius 3 is 2.58 bits per heavy atom. The second-order valence-corrected chi connectivity index (χ2v) is 5.68. The SMILES string of the molecule is CC(N)C(c1ccco1)N(C)Cc1ccccc1Br. The first-order chi connectivity index (χ1) is 9.09. The summed E-state index contributed by atoms with van der Waals surface area (Å²) in [6.07, 6.45) is 1.69. The topological polar surface area (TPSA) is 42.4 Å². The van der Waals surface area contributed by atoms with Gasteiger partial charge in [-0.05, 0) is 37.7 Å². The number of likely N-dealkylation sites (N-methyl/N-ethyl adjacent to an activating group) is 1. The number of benzene rings is 1. The normalized spacial score (nSPS) is 14.6. The standard InChI is InChI=1S/C15H19BrN2O/c1-11(17)15(14-8-5-9-19-14)18(2)10-12-6-3-4-7-13(12)16/h3-9,11,15H,10,17H2,1-2H3. The predicted octanol–water partition coefficient (Wildman–Crippen LogP) is 3.56. The summed E-state index contributed by atoms with van der Waals surface area (Å²) in [4.78, 5) is 2.21. The number of nitrogens with two attached hydrogens (primary N) is 1. The first-order valence-corrected chi connectivity index (χ1v) is 7.11. The van der Waals surface area contributed by atoms with Crippen LogP contribution in [-0.4, -0.2) is 18.0 Å². The minimum Gasteiger partial charge on any atom is -0.468 e. The van der Waals surface area contributed by atoms with E-state index in [0.717, 1.165) is 16.8 Å². The summed E-state index contributed by atoms with van der Waals surface area (Å²) in [6, 6.07) is 12.2. The van der Waals surface area contributed by atoms with Crippen molar-refractivity contribution in [1.29, 1.82) is 0 Å². The van der Waals surface area contributed by atoms with Crippen molar-refractivity contribution in [2.75, 3.05) is 7.05 Å². The molecule has 2 N–H and O–H groups in total. The van der Waals surface area contributed by atoms with E-state index in [0.29, 0.717) is 0 Å². The fourth-order valence-corrected chi connectivity index (χ4v) is 2.74. The zero-order chi connectivity index (χ0) is 13.8. The zero-order valence-corrected chi connectivity index (χ0v) is 12.8. The Morgan fingerprint density at radius 2 is 2.00 bits per heavy atom. The molecule has 0 aliphatic heterocycles. The van der Waals surface area contributed by atoms with Crippen LogP contribution in [0.5, 0.6) is 0 Å². The lowest BCUT2D eigenvalue weighted by Crippen LogP contribution is -2.36. The Kier molecular flexibility index (Phi) is 4.80. The monoisotopic (exact) mass is 322 g/mol. The van der Waals surface area contributed by atoms with Gasteiger partial charge in [-0.25, -0.2) is 0 Å². The van der Waals surface area contributed by atoms with Crippen molar-refractivity contribution in [3.8, 4) is 0 Å². The van der Waals surface area contributed by atoms with Crippen LogP contribution in [0.25, 0.3) is 0 Å². The first kappa shape index (κ1) is 14.3. The fraction of sp³-hybridized carbons (Fsp3) is 0.333. The summed E-state index contributed by atoms with van der Waals surface area (Å²) in [6.45, 7) is 2.82. The van der Waals surface area contributed by atoms with E-state index in [2.05, 4.69) is 40.0 Å². The highest BCUT2D eigenvalue weighted by atomic mass is 79.9. The van der Waals surface area contributed by atoms with Gasteiger partial charge in [0.05, 0.1) is 12.3 Å². The van der Waals surface area contributed by atoms with Crippen LogP contribution in [0, 0.1) is 0 Å². The average Bonchev–Trinajstić information content (AvgIpc) is 2.85. The Morgan fingerprint density at radius 1 is 1.26 bits per heavy atom. The number of hydrogen-bond donors (Lipinski definition) is 1. The number of halogens is 1. The van der Waals surface area contributed by atoms with Gasteiger partial charge in [-0.2, -0.15) is 0 Å². The molecule has 0 radical (unpaired) electrons. The molecule has 0 saturated heterocycles. The molecule has 2 atom stereocenters. The van der Waals surface area contributed by atoms with Gasteiger partial charge in [-0.3, -0.25) is 4.90 Å². The molecule has 102 valence electrons. The molecule has 2 rings (SSSR count). The van der Waals surface area contributed by atoms with Crippen molar-refractivity contribution in [2.45, 2.75) is 25.6 Å². The van der Waals surface area contributed by atoms with Crippen LogP contribution >= 0.6 is 15.9 Å². The van der Waals surface area contributed by atoms with Crippen molar-refractivity contribution in [2.24, 2.45) is 5.73 Å². The molecule has 0 fully saturated rings. The molecule has 0 aliphatic rings. The van der Waals surface area contributed by atoms with E-state index in [-0.39, 0.29) is 12.1 Å². The molecular weight excluding hydrogens is 304 g/mol. The molecule has 1 aromatic heterocycles. The van der Waals surface area contributed by atoms with Gasteiger partial charge >= 0.3 is 0 Å². The van der Waals surface area contributed by atoms with Crippen LogP contribution < -0.4 is 5.73 Å². The van der Waals surface area contributed by atoms with Crippen LogP contribution in [-0.2, 0) is 6.54 Å². The van der Waals surface area contributed by atoms with Crippen molar-refractivity contribution >= 4 is 15.9 Å². The van der Waals surface area contributed by atoms with Crippen LogP contribution in [0.1, 0.15) is 24.3 Å². The van der Waals surface area contributed by atoms with Crippen molar-refractivity contribution in [3.05, 3.63) is 58.5 Å². The lowest BCUT2D eigenvalue weighted by molar-refractivity contribution is 0.184. The molecule has 2 unspecified atom stereocenters. The summed E-state index contributed by atoms with van der Waals surface area (Å²) in [5.74, 6) is 0.907. The van der Waals surface area contributed by atoms with Crippen molar-refractivity contribution < 1.29 is 4.42 Å². The molecule has 19 heavy (non-hydrogen) atoms. The maximum atomic E-state index is 6.11. The molecule has 1 aromatic carbocycles. The largest absolute Gasteiger partial charge is 0.468 e. The molecule has 4 heteroatoms. The smallest absolute Gasteiger partial charge is 0.122 e. The quantitative estimate of drug-likeness (QED) is 0.915. The van der Waals surface area contributed by atoms with Gasteiger partial charge < -0.3 is 10.2 Å². The van der Waals surface area contributed by atoms with Gasteiger partial charge in [0, 0.05) is 17.1 Å². The van der Waals surface area contributed by atoms with Crippen LogP contribution in [0.2, 0.25) is 0 Å². The first-order valence-electron chi connectivity index (χ1n) is 6.32. The van der Waals surface area contributed by atoms with Gasteiger partial charge in [0.2, 0.25) is 0 Å². The Labute approximate surface area is 122 Å². The van der Waals surface area contributed by atoms with Gasteiger partial charge in [0.25, 0.3) is 0 Å². The molecule has 2 aromatic rings. The molecule has 1 heterocycles. The zero-order valence-electron chi connectivity index (χ0n) is 11.2. The van der Waals surface area contributed by atoms with Gasteiger partial charge in [-0.1, -0.05) is 34.1 Å². The summed E-state index contributed by atoms with van der Waals surface area (Å²) < 4.78 is 6.63. The summed E-state index contributed by atoms with van der Waals surface area (Å²) in [5.41, 5.74) is 7.35. The highest BCUT2D eigenvalue weighted by molar-refractivity contribution is 9.10. The molecule has 0 bridgehead atoms. The molecule has 0 aliphatic carbocycles. The van der Waals surface area contributed by atoms with E-state index in [9.17, 15) is 0 Å². The van der Waals surface area contributed by atoms with Crippen LogP contribution in [0.3, 0.4) is 0 Å². The highest BCUT2D eigenvalue weighted by Crippen LogP contribution is 2.26. The van der Waals surface area contributed by atoms with Crippen LogP contribution in [0.15, 0.2) is 51.6 Å². The summed E-state index contributed by atoms with van der Waals surface area (Å²) in [5, 5.41) is 0. The second-order valence-electron chi connectivity index (χ2n) is 4.83. The fourth-order valence-electron chi connectivity index (χ4n) is 2.33. The van der Waals surface area contributed by atoms with Crippen molar-refractivity contribution in [3.63, 3.8) is 0 Å². The van der Waals surface area contributed by atoms with Crippen molar-refractivity contribution in [1.82, 2.24) is 4.90 Å². The minimum atomic E-state index is -0.00126. The molecule has 0 spiro atoms. The van der Waals surface area contributed by atoms with E-state index < -0.39 is 0 Å². The molecule has 0 saturated carbocycles. The number of furan rings is 1. The van der Waals surface area contributed by atoms with E-state index in [1.807, 2.05) is 31.2 Å². The predicted molar refractivity (Wildman–Crippen MR) is 80.7 cm³/mol. The Bertz CT molecular complexity index is 511. The Hall–Kier alpha value is -1.10. The number of rotatable bonds is 5. The maximum Gasteiger partial charge on any atom is 0.122 e. The van der Waals surface area contributed by atoms with Gasteiger partial charge in [0.15, 0.2) is 0 Å². The van der Waals surface area contributed by atoms with E-state index >= 15 is 0 Å². The lowest BCUT2D eigenvalue weighted by Gasteiger charge is -2.29. The Balaban J connectivity index is 2.17. The van der Waals surface area contributed by atoms with E-state index in [4.69, 9.17) is 10.2 Å². The average molecular weight is 323 g/mol. The third-order valence-electron chi connectivity index (χ3n) is 3.19. The number of nitrogens with zero attached hydrogens (tertiary/aromatic N) is 1. The molecular formula is C15H19BrN2O. The summed E-state index contributed by atoms with van der Waals surface area (Å²) in [7, 11) is 2.07. The second kappa shape index (κ2) is 6.37. The summed E-state index contributed by atoms with van der Waals surface area (Å²) >= 11 is 3.58. The van der Waals surface area contributed by atoms with Gasteiger partial charge in [-0.15, -0.1) is 0 Å². The minimum absolute atomic E-state index is 0.00126. The highest BCUT2D eigenvalue weighted by Gasteiger charge is 2.24. The molecule has 0 amide bonds. The third-order valence-corrected chi connectivity index (χ3v) is 3.96. The van der Waals surface area contributed by atoms with E-state index in [1.165, 1.54) is 5.56 Å². The number of hydrogen-bond acceptors (Lipinski definition) is 3. The molecule has 3 nitrogen and oxygen atoms in total. The van der Waals surface area contributed by atoms with Crippen LogP contribution in [0.4, 0.5) is 0 Å². The third kappa shape index (κ3) is 3.47. The maximum absolute atomic E-state index is 6.11. The van der Waals surface area contributed by atoms with E-state index in [1.54, 1.807) is 6.26 Å².